The highest BCUT2D eigenvalue weighted by Crippen LogP contribution is 2.41. The van der Waals surface area contributed by atoms with Crippen LogP contribution in [0.4, 0.5) is 4.39 Å². The number of piperidine rings is 1. The summed E-state index contributed by atoms with van der Waals surface area (Å²) in [6, 6.07) is 17.1. The van der Waals surface area contributed by atoms with E-state index in [-0.39, 0.29) is 29.1 Å². The lowest BCUT2D eigenvalue weighted by Crippen LogP contribution is -2.49. The summed E-state index contributed by atoms with van der Waals surface area (Å²) >= 11 is 0. The molecule has 2 bridgehead atoms. The van der Waals surface area contributed by atoms with Crippen molar-refractivity contribution in [2.45, 2.75) is 18.9 Å². The SMILES string of the molecule is COc1ccccc1C(=O)N1CC2CC(C1)c1c(-c3ccccc3F)ccc(=O)n1C2. The van der Waals surface area contributed by atoms with Crippen LogP contribution in [0.5, 0.6) is 5.75 Å². The van der Waals surface area contributed by atoms with Gasteiger partial charge in [-0.1, -0.05) is 30.3 Å². The molecule has 5 nitrogen and oxygen atoms in total. The Bertz CT molecular complexity index is 1220. The maximum absolute atomic E-state index is 14.6. The van der Waals surface area contributed by atoms with E-state index < -0.39 is 0 Å². The van der Waals surface area contributed by atoms with E-state index in [0.29, 0.717) is 36.5 Å². The molecule has 31 heavy (non-hydrogen) atoms. The van der Waals surface area contributed by atoms with Gasteiger partial charge in [0.2, 0.25) is 0 Å². The first kappa shape index (κ1) is 19.5. The Kier molecular flexibility index (Phi) is 4.85. The van der Waals surface area contributed by atoms with Crippen LogP contribution in [0, 0.1) is 11.7 Å². The van der Waals surface area contributed by atoms with Crippen molar-refractivity contribution >= 4 is 5.91 Å². The van der Waals surface area contributed by atoms with E-state index >= 15 is 0 Å². The number of halogens is 1. The molecule has 5 rings (SSSR count). The zero-order valence-electron chi connectivity index (χ0n) is 17.3. The molecule has 2 aliphatic rings. The van der Waals surface area contributed by atoms with Crippen molar-refractivity contribution in [2.24, 2.45) is 5.92 Å². The van der Waals surface area contributed by atoms with Gasteiger partial charge in [-0.15, -0.1) is 0 Å². The molecular weight excluding hydrogens is 395 g/mol. The Morgan fingerprint density at radius 3 is 2.55 bits per heavy atom. The number of nitrogens with zero attached hydrogens (tertiary/aromatic N) is 2. The number of likely N-dealkylation sites (tertiary alicyclic amines) is 1. The van der Waals surface area contributed by atoms with Gasteiger partial charge in [0, 0.05) is 48.4 Å². The zero-order chi connectivity index (χ0) is 21.5. The van der Waals surface area contributed by atoms with Gasteiger partial charge in [-0.3, -0.25) is 9.59 Å². The summed E-state index contributed by atoms with van der Waals surface area (Å²) in [7, 11) is 1.56. The highest BCUT2D eigenvalue weighted by Gasteiger charge is 2.38. The van der Waals surface area contributed by atoms with Crippen molar-refractivity contribution in [2.75, 3.05) is 20.2 Å². The molecule has 3 heterocycles. The monoisotopic (exact) mass is 418 g/mol. The third-order valence-electron chi connectivity index (χ3n) is 6.38. The second kappa shape index (κ2) is 7.69. The van der Waals surface area contributed by atoms with E-state index in [9.17, 15) is 14.0 Å². The van der Waals surface area contributed by atoms with Gasteiger partial charge >= 0.3 is 0 Å². The highest BCUT2D eigenvalue weighted by atomic mass is 19.1. The van der Waals surface area contributed by atoms with Gasteiger partial charge in [-0.2, -0.15) is 0 Å². The topological polar surface area (TPSA) is 51.5 Å². The third kappa shape index (κ3) is 3.32. The van der Waals surface area contributed by atoms with E-state index in [0.717, 1.165) is 17.7 Å². The van der Waals surface area contributed by atoms with Crippen LogP contribution in [0.25, 0.3) is 11.1 Å². The third-order valence-corrected chi connectivity index (χ3v) is 6.38. The minimum Gasteiger partial charge on any atom is -0.496 e. The molecule has 2 aliphatic heterocycles. The first-order valence-corrected chi connectivity index (χ1v) is 10.5. The molecule has 3 aromatic rings. The Morgan fingerprint density at radius 2 is 1.74 bits per heavy atom. The molecule has 0 saturated carbocycles. The first-order valence-electron chi connectivity index (χ1n) is 10.5. The molecular formula is C25H23FN2O3. The predicted octanol–water partition coefficient (Wildman–Crippen LogP) is 3.92. The number of carbonyl (C=O) groups is 1. The van der Waals surface area contributed by atoms with Crippen LogP contribution in [-0.2, 0) is 6.54 Å². The fourth-order valence-electron chi connectivity index (χ4n) is 5.08. The summed E-state index contributed by atoms with van der Waals surface area (Å²) in [5, 5.41) is 0. The van der Waals surface area contributed by atoms with E-state index in [1.54, 1.807) is 48.1 Å². The average molecular weight is 418 g/mol. The number of methoxy groups -OCH3 is 1. The Morgan fingerprint density at radius 1 is 0.968 bits per heavy atom. The van der Waals surface area contributed by atoms with Gasteiger partial charge in [0.25, 0.3) is 11.5 Å². The fraction of sp³-hybridized carbons (Fsp3) is 0.280. The van der Waals surface area contributed by atoms with Crippen LogP contribution in [0.15, 0.2) is 65.5 Å². The lowest BCUT2D eigenvalue weighted by atomic mass is 9.80. The molecule has 0 N–H and O–H groups in total. The first-order chi connectivity index (χ1) is 15.1. The van der Waals surface area contributed by atoms with Crippen molar-refractivity contribution in [3.63, 3.8) is 0 Å². The maximum atomic E-state index is 14.6. The number of amides is 1. The maximum Gasteiger partial charge on any atom is 0.257 e. The molecule has 2 unspecified atom stereocenters. The minimum absolute atomic E-state index is 0.0327. The molecule has 1 aromatic heterocycles. The fourth-order valence-corrected chi connectivity index (χ4v) is 5.08. The van der Waals surface area contributed by atoms with Crippen molar-refractivity contribution in [1.82, 2.24) is 9.47 Å². The minimum atomic E-state index is -0.316. The Balaban J connectivity index is 1.56. The zero-order valence-corrected chi connectivity index (χ0v) is 17.3. The summed E-state index contributed by atoms with van der Waals surface area (Å²) < 4.78 is 21.8. The molecule has 0 spiro atoms. The summed E-state index contributed by atoms with van der Waals surface area (Å²) in [5.41, 5.74) is 2.50. The van der Waals surface area contributed by atoms with Gasteiger partial charge in [0.05, 0.1) is 12.7 Å². The van der Waals surface area contributed by atoms with E-state index in [1.807, 2.05) is 17.0 Å². The van der Waals surface area contributed by atoms with Crippen LogP contribution >= 0.6 is 0 Å². The molecule has 2 atom stereocenters. The second-order valence-corrected chi connectivity index (χ2v) is 8.27. The number of hydrogen-bond acceptors (Lipinski definition) is 3. The van der Waals surface area contributed by atoms with Gasteiger partial charge in [-0.25, -0.2) is 4.39 Å². The Labute approximate surface area is 179 Å². The number of ether oxygens (including phenoxy) is 1. The van der Waals surface area contributed by atoms with Crippen LogP contribution in [0.2, 0.25) is 0 Å². The van der Waals surface area contributed by atoms with Crippen molar-refractivity contribution < 1.29 is 13.9 Å². The summed E-state index contributed by atoms with van der Waals surface area (Å²) in [5.74, 6) is 0.301. The van der Waals surface area contributed by atoms with Gasteiger partial charge < -0.3 is 14.2 Å². The smallest absolute Gasteiger partial charge is 0.257 e. The second-order valence-electron chi connectivity index (χ2n) is 8.27. The standard InChI is InChI=1S/C25H23FN2O3/c1-31-22-9-5-3-7-20(22)25(30)27-13-16-12-17(15-27)24-19(10-11-23(29)28(24)14-16)18-6-2-4-8-21(18)26/h2-11,16-17H,12-15H2,1H3. The number of fused-ring (bicyclic) bond motifs is 4. The Hall–Kier alpha value is -3.41. The number of benzene rings is 2. The number of para-hydroxylation sites is 1. The lowest BCUT2D eigenvalue weighted by molar-refractivity contribution is 0.0592. The number of rotatable bonds is 3. The van der Waals surface area contributed by atoms with Crippen molar-refractivity contribution in [3.05, 3.63) is 88.1 Å². The van der Waals surface area contributed by atoms with E-state index in [2.05, 4.69) is 0 Å². The molecule has 0 aliphatic carbocycles. The van der Waals surface area contributed by atoms with Crippen molar-refractivity contribution in [3.8, 4) is 16.9 Å². The van der Waals surface area contributed by atoms with Crippen LogP contribution in [0.1, 0.15) is 28.4 Å². The molecule has 1 fully saturated rings. The average Bonchev–Trinajstić information content (AvgIpc) is 2.79. The van der Waals surface area contributed by atoms with Crippen molar-refractivity contribution in [1.29, 1.82) is 0 Å². The molecule has 158 valence electrons. The van der Waals surface area contributed by atoms with E-state index in [1.165, 1.54) is 12.1 Å². The number of pyridine rings is 1. The number of carbonyl (C=O) groups excluding carboxylic acids is 1. The summed E-state index contributed by atoms with van der Waals surface area (Å²) in [6.45, 7) is 1.60. The summed E-state index contributed by atoms with van der Waals surface area (Å²) in [4.78, 5) is 27.8. The molecule has 1 amide bonds. The molecule has 6 heteroatoms. The number of hydrogen-bond donors (Lipinski definition) is 0. The normalized spacial score (nSPS) is 19.6. The predicted molar refractivity (Wildman–Crippen MR) is 116 cm³/mol. The number of aromatic nitrogens is 1. The summed E-state index contributed by atoms with van der Waals surface area (Å²) in [6.07, 6.45) is 0.876. The van der Waals surface area contributed by atoms with Gasteiger partial charge in [0.1, 0.15) is 11.6 Å². The van der Waals surface area contributed by atoms with Crippen LogP contribution in [0.3, 0.4) is 0 Å². The highest BCUT2D eigenvalue weighted by molar-refractivity contribution is 5.97. The quantitative estimate of drug-likeness (QED) is 0.648. The van der Waals surface area contributed by atoms with Gasteiger partial charge in [-0.05, 0) is 36.6 Å². The van der Waals surface area contributed by atoms with Crippen LogP contribution < -0.4 is 10.3 Å². The largest absolute Gasteiger partial charge is 0.496 e. The van der Waals surface area contributed by atoms with Crippen LogP contribution in [-0.4, -0.2) is 35.6 Å². The lowest BCUT2D eigenvalue weighted by Gasteiger charge is -2.43. The molecule has 0 radical (unpaired) electrons. The molecule has 2 aromatic carbocycles. The van der Waals surface area contributed by atoms with Gasteiger partial charge in [0.15, 0.2) is 0 Å². The molecule has 1 saturated heterocycles. The van der Waals surface area contributed by atoms with E-state index in [4.69, 9.17) is 4.74 Å².